The molecule has 0 bridgehead atoms. The summed E-state index contributed by atoms with van der Waals surface area (Å²) in [4.78, 5) is 0. The Kier molecular flexibility index (Phi) is 5.63. The quantitative estimate of drug-likeness (QED) is 0.485. The standard InChI is InChI=1S/C18H18N4OS/c1-2-23-17-11-7-6-10-16(17)12-20-22-14-19-21-18(22)24-13-15-8-4-3-5-9-15/h3-12,14H,2,13H2,1H3/b20-12-. The van der Waals surface area contributed by atoms with Gasteiger partial charge in [0.15, 0.2) is 0 Å². The molecule has 6 heteroatoms. The van der Waals surface area contributed by atoms with Crippen molar-refractivity contribution in [1.29, 1.82) is 0 Å². The van der Waals surface area contributed by atoms with E-state index in [1.54, 1.807) is 29.0 Å². The first-order valence-electron chi connectivity index (χ1n) is 7.69. The van der Waals surface area contributed by atoms with Crippen LogP contribution in [-0.4, -0.2) is 27.7 Å². The highest BCUT2D eigenvalue weighted by atomic mass is 32.2. The largest absolute Gasteiger partial charge is 0.493 e. The van der Waals surface area contributed by atoms with Gasteiger partial charge in [0.1, 0.15) is 12.1 Å². The van der Waals surface area contributed by atoms with Crippen molar-refractivity contribution in [1.82, 2.24) is 14.9 Å². The average molecular weight is 338 g/mol. The van der Waals surface area contributed by atoms with Crippen LogP contribution in [0.3, 0.4) is 0 Å². The van der Waals surface area contributed by atoms with Crippen LogP contribution in [0.4, 0.5) is 0 Å². The maximum atomic E-state index is 5.61. The zero-order valence-electron chi connectivity index (χ0n) is 13.4. The highest BCUT2D eigenvalue weighted by Crippen LogP contribution is 2.21. The molecule has 2 aromatic carbocycles. The van der Waals surface area contributed by atoms with Crippen molar-refractivity contribution < 1.29 is 4.74 Å². The molecule has 5 nitrogen and oxygen atoms in total. The van der Waals surface area contributed by atoms with E-state index >= 15 is 0 Å². The van der Waals surface area contributed by atoms with Crippen LogP contribution in [0.2, 0.25) is 0 Å². The third kappa shape index (κ3) is 4.23. The highest BCUT2D eigenvalue weighted by molar-refractivity contribution is 7.98. The van der Waals surface area contributed by atoms with Crippen molar-refractivity contribution in [2.75, 3.05) is 6.61 Å². The van der Waals surface area contributed by atoms with Crippen LogP contribution in [0.15, 0.2) is 71.2 Å². The SMILES string of the molecule is CCOc1ccccc1/C=N\n1cnnc1SCc1ccccc1. The first-order chi connectivity index (χ1) is 11.9. The minimum atomic E-state index is 0.621. The molecule has 0 saturated heterocycles. The number of hydrogen-bond donors (Lipinski definition) is 0. The van der Waals surface area contributed by atoms with Gasteiger partial charge in [-0.2, -0.15) is 9.78 Å². The van der Waals surface area contributed by atoms with E-state index in [-0.39, 0.29) is 0 Å². The number of ether oxygens (including phenoxy) is 1. The van der Waals surface area contributed by atoms with E-state index in [0.29, 0.717) is 6.61 Å². The fourth-order valence-electron chi connectivity index (χ4n) is 2.11. The Morgan fingerprint density at radius 1 is 1.12 bits per heavy atom. The molecule has 24 heavy (non-hydrogen) atoms. The smallest absolute Gasteiger partial charge is 0.212 e. The summed E-state index contributed by atoms with van der Waals surface area (Å²) in [6.07, 6.45) is 3.37. The van der Waals surface area contributed by atoms with E-state index < -0.39 is 0 Å². The van der Waals surface area contributed by atoms with Crippen LogP contribution in [0.1, 0.15) is 18.1 Å². The molecule has 0 radical (unpaired) electrons. The molecule has 0 saturated carbocycles. The molecule has 0 N–H and O–H groups in total. The topological polar surface area (TPSA) is 52.3 Å². The van der Waals surface area contributed by atoms with E-state index in [0.717, 1.165) is 22.2 Å². The summed E-state index contributed by atoms with van der Waals surface area (Å²) in [6, 6.07) is 18.1. The summed E-state index contributed by atoms with van der Waals surface area (Å²) in [5, 5.41) is 13.3. The molecule has 0 aliphatic rings. The number of aromatic nitrogens is 3. The van der Waals surface area contributed by atoms with E-state index in [1.807, 2.05) is 49.4 Å². The van der Waals surface area contributed by atoms with Gasteiger partial charge in [0.05, 0.1) is 12.8 Å². The Bertz CT molecular complexity index is 802. The average Bonchev–Trinajstić information content (AvgIpc) is 3.08. The van der Waals surface area contributed by atoms with Crippen LogP contribution in [0.25, 0.3) is 0 Å². The molecular formula is C18H18N4OS. The second kappa shape index (κ2) is 8.31. The first kappa shape index (κ1) is 16.3. The lowest BCUT2D eigenvalue weighted by molar-refractivity contribution is 0.340. The van der Waals surface area contributed by atoms with Gasteiger partial charge in [-0.3, -0.25) is 0 Å². The molecule has 3 rings (SSSR count). The fourth-order valence-corrected chi connectivity index (χ4v) is 2.93. The van der Waals surface area contributed by atoms with E-state index in [4.69, 9.17) is 4.74 Å². The Morgan fingerprint density at radius 3 is 2.75 bits per heavy atom. The number of benzene rings is 2. The van der Waals surface area contributed by atoms with Crippen molar-refractivity contribution >= 4 is 18.0 Å². The van der Waals surface area contributed by atoms with Crippen LogP contribution in [0.5, 0.6) is 5.75 Å². The van der Waals surface area contributed by atoms with Crippen molar-refractivity contribution in [3.63, 3.8) is 0 Å². The predicted molar refractivity (Wildman–Crippen MR) is 96.6 cm³/mol. The molecule has 1 heterocycles. The molecule has 0 amide bonds. The summed E-state index contributed by atoms with van der Waals surface area (Å²) >= 11 is 1.60. The Hall–Kier alpha value is -2.60. The fraction of sp³-hybridized carbons (Fsp3) is 0.167. The zero-order valence-corrected chi connectivity index (χ0v) is 14.2. The molecular weight excluding hydrogens is 320 g/mol. The van der Waals surface area contributed by atoms with E-state index in [1.165, 1.54) is 5.56 Å². The minimum absolute atomic E-state index is 0.621. The maximum absolute atomic E-state index is 5.61. The third-order valence-corrected chi connectivity index (χ3v) is 4.26. The molecule has 0 atom stereocenters. The van der Waals surface area contributed by atoms with Crippen molar-refractivity contribution in [3.05, 3.63) is 72.1 Å². The predicted octanol–water partition coefficient (Wildman–Crippen LogP) is 3.85. The molecule has 3 aromatic rings. The van der Waals surface area contributed by atoms with Crippen LogP contribution in [0, 0.1) is 0 Å². The van der Waals surface area contributed by atoms with Gasteiger partial charge >= 0.3 is 0 Å². The molecule has 122 valence electrons. The molecule has 0 fully saturated rings. The van der Waals surface area contributed by atoms with Gasteiger partial charge in [-0.1, -0.05) is 54.2 Å². The second-order valence-corrected chi connectivity index (χ2v) is 5.89. The van der Waals surface area contributed by atoms with Gasteiger partial charge in [0.2, 0.25) is 5.16 Å². The van der Waals surface area contributed by atoms with Gasteiger partial charge < -0.3 is 4.74 Å². The summed E-state index contributed by atoms with van der Waals surface area (Å²) < 4.78 is 7.28. The second-order valence-electron chi connectivity index (χ2n) is 4.95. The number of hydrogen-bond acceptors (Lipinski definition) is 5. The van der Waals surface area contributed by atoms with Crippen molar-refractivity contribution in [3.8, 4) is 5.75 Å². The third-order valence-electron chi connectivity index (χ3n) is 3.25. The van der Waals surface area contributed by atoms with Crippen LogP contribution in [-0.2, 0) is 5.75 Å². The first-order valence-corrected chi connectivity index (χ1v) is 8.68. The highest BCUT2D eigenvalue weighted by Gasteiger charge is 2.05. The number of rotatable bonds is 7. The lowest BCUT2D eigenvalue weighted by atomic mass is 10.2. The molecule has 0 aliphatic carbocycles. The Balaban J connectivity index is 1.71. The molecule has 1 aromatic heterocycles. The lowest BCUT2D eigenvalue weighted by Gasteiger charge is -2.06. The molecule has 0 spiro atoms. The van der Waals surface area contributed by atoms with E-state index in [9.17, 15) is 0 Å². The van der Waals surface area contributed by atoms with Crippen molar-refractivity contribution in [2.45, 2.75) is 17.8 Å². The lowest BCUT2D eigenvalue weighted by Crippen LogP contribution is -1.97. The normalized spacial score (nSPS) is 11.0. The summed E-state index contributed by atoms with van der Waals surface area (Å²) in [5.74, 6) is 1.64. The van der Waals surface area contributed by atoms with Gasteiger partial charge in [-0.25, -0.2) is 0 Å². The van der Waals surface area contributed by atoms with Crippen LogP contribution < -0.4 is 4.74 Å². The monoisotopic (exact) mass is 338 g/mol. The Morgan fingerprint density at radius 2 is 1.92 bits per heavy atom. The van der Waals surface area contributed by atoms with Gasteiger partial charge in [0.25, 0.3) is 0 Å². The minimum Gasteiger partial charge on any atom is -0.493 e. The zero-order chi connectivity index (χ0) is 16.6. The van der Waals surface area contributed by atoms with Crippen LogP contribution >= 0.6 is 11.8 Å². The molecule has 0 unspecified atom stereocenters. The number of nitrogens with zero attached hydrogens (tertiary/aromatic N) is 4. The number of thioether (sulfide) groups is 1. The number of para-hydroxylation sites is 1. The van der Waals surface area contributed by atoms with E-state index in [2.05, 4.69) is 27.4 Å². The van der Waals surface area contributed by atoms with Crippen molar-refractivity contribution in [2.24, 2.45) is 5.10 Å². The maximum Gasteiger partial charge on any atom is 0.212 e. The summed E-state index contributed by atoms with van der Waals surface area (Å²) in [7, 11) is 0. The Labute approximate surface area is 145 Å². The molecule has 0 aliphatic heterocycles. The van der Waals surface area contributed by atoms with Gasteiger partial charge in [0, 0.05) is 11.3 Å². The summed E-state index contributed by atoms with van der Waals surface area (Å²) in [5.41, 5.74) is 2.16. The van der Waals surface area contributed by atoms with Gasteiger partial charge in [-0.05, 0) is 24.6 Å². The van der Waals surface area contributed by atoms with Gasteiger partial charge in [-0.15, -0.1) is 10.2 Å². The summed E-state index contributed by atoms with van der Waals surface area (Å²) in [6.45, 7) is 2.59.